The molecule has 5 nitrogen and oxygen atoms in total. The molecule has 1 N–H and O–H groups in total. The molecule has 29 heavy (non-hydrogen) atoms. The molecule has 4 aromatic rings. The van der Waals surface area contributed by atoms with Crippen molar-refractivity contribution in [2.45, 2.75) is 13.5 Å². The number of fused-ring (bicyclic) bond motifs is 1. The van der Waals surface area contributed by atoms with E-state index in [-0.39, 0.29) is 11.5 Å². The highest BCUT2D eigenvalue weighted by Gasteiger charge is 2.20. The van der Waals surface area contributed by atoms with E-state index in [0.717, 1.165) is 5.56 Å². The molecule has 0 fully saturated rings. The maximum atomic E-state index is 13.0. The number of hydrogen-bond acceptors (Lipinski definition) is 4. The molecule has 2 heterocycles. The highest BCUT2D eigenvalue weighted by molar-refractivity contribution is 7.20. The SMILES string of the molecule is Cc1c(C(=O)Nc2ccc(Cl)cc2)sc2ncn(Cc3ccccc3Cl)c(=O)c12. The zero-order valence-corrected chi connectivity index (χ0v) is 17.6. The lowest BCUT2D eigenvalue weighted by atomic mass is 10.2. The van der Waals surface area contributed by atoms with Crippen LogP contribution in [0, 0.1) is 6.92 Å². The molecule has 0 spiro atoms. The quantitative estimate of drug-likeness (QED) is 0.460. The van der Waals surface area contributed by atoms with E-state index in [2.05, 4.69) is 10.3 Å². The number of nitrogens with zero attached hydrogens (tertiary/aromatic N) is 2. The number of carbonyl (C=O) groups is 1. The maximum absolute atomic E-state index is 13.0. The number of benzene rings is 2. The molecule has 2 aromatic carbocycles. The van der Waals surface area contributed by atoms with Gasteiger partial charge in [0.05, 0.1) is 23.1 Å². The summed E-state index contributed by atoms with van der Waals surface area (Å²) >= 11 is 13.3. The summed E-state index contributed by atoms with van der Waals surface area (Å²) in [5.74, 6) is -0.287. The molecule has 0 atom stereocenters. The van der Waals surface area contributed by atoms with E-state index in [9.17, 15) is 9.59 Å². The van der Waals surface area contributed by atoms with Crippen LogP contribution in [0.25, 0.3) is 10.2 Å². The summed E-state index contributed by atoms with van der Waals surface area (Å²) in [7, 11) is 0. The minimum absolute atomic E-state index is 0.200. The fraction of sp³-hybridized carbons (Fsp3) is 0.0952. The zero-order chi connectivity index (χ0) is 20.5. The summed E-state index contributed by atoms with van der Waals surface area (Å²) in [5, 5.41) is 4.45. The number of amides is 1. The molecular weight excluding hydrogens is 429 g/mol. The summed E-state index contributed by atoms with van der Waals surface area (Å²) < 4.78 is 1.50. The van der Waals surface area contributed by atoms with Crippen LogP contribution in [0.2, 0.25) is 10.0 Å². The lowest BCUT2D eigenvalue weighted by Crippen LogP contribution is -2.21. The molecule has 0 unspecified atom stereocenters. The highest BCUT2D eigenvalue weighted by Crippen LogP contribution is 2.28. The van der Waals surface area contributed by atoms with Crippen LogP contribution < -0.4 is 10.9 Å². The van der Waals surface area contributed by atoms with Crippen LogP contribution in [0.4, 0.5) is 5.69 Å². The second kappa shape index (κ2) is 7.99. The first-order valence-corrected chi connectivity index (χ1v) is 10.3. The van der Waals surface area contributed by atoms with E-state index in [1.165, 1.54) is 22.2 Å². The maximum Gasteiger partial charge on any atom is 0.266 e. The van der Waals surface area contributed by atoms with Gasteiger partial charge in [0.2, 0.25) is 0 Å². The van der Waals surface area contributed by atoms with Gasteiger partial charge in [-0.25, -0.2) is 4.98 Å². The molecule has 0 radical (unpaired) electrons. The average Bonchev–Trinajstić information content (AvgIpc) is 3.05. The number of thiophene rings is 1. The van der Waals surface area contributed by atoms with E-state index in [4.69, 9.17) is 23.2 Å². The van der Waals surface area contributed by atoms with Crippen molar-refractivity contribution in [2.75, 3.05) is 5.32 Å². The van der Waals surface area contributed by atoms with Gasteiger partial charge in [-0.15, -0.1) is 11.3 Å². The van der Waals surface area contributed by atoms with E-state index in [1.54, 1.807) is 37.3 Å². The normalized spacial score (nSPS) is 11.0. The fourth-order valence-electron chi connectivity index (χ4n) is 3.02. The second-order valence-corrected chi connectivity index (χ2v) is 8.31. The Hall–Kier alpha value is -2.67. The summed E-state index contributed by atoms with van der Waals surface area (Å²) in [6.07, 6.45) is 1.49. The van der Waals surface area contributed by atoms with Crippen LogP contribution in [-0.4, -0.2) is 15.5 Å². The van der Waals surface area contributed by atoms with Gasteiger partial charge in [0.25, 0.3) is 11.5 Å². The lowest BCUT2D eigenvalue weighted by Gasteiger charge is -2.07. The predicted molar refractivity (Wildman–Crippen MR) is 119 cm³/mol. The Morgan fingerprint density at radius 1 is 1.14 bits per heavy atom. The van der Waals surface area contributed by atoms with E-state index >= 15 is 0 Å². The number of aromatic nitrogens is 2. The Morgan fingerprint density at radius 2 is 1.86 bits per heavy atom. The van der Waals surface area contributed by atoms with Crippen molar-refractivity contribution in [2.24, 2.45) is 0 Å². The highest BCUT2D eigenvalue weighted by atomic mass is 35.5. The van der Waals surface area contributed by atoms with Gasteiger partial charge >= 0.3 is 0 Å². The second-order valence-electron chi connectivity index (χ2n) is 6.47. The average molecular weight is 444 g/mol. The first-order valence-electron chi connectivity index (χ1n) is 8.73. The van der Waals surface area contributed by atoms with Gasteiger partial charge in [0.15, 0.2) is 0 Å². The number of hydrogen-bond donors (Lipinski definition) is 1. The van der Waals surface area contributed by atoms with Gasteiger partial charge < -0.3 is 5.32 Å². The molecule has 0 aliphatic rings. The summed E-state index contributed by atoms with van der Waals surface area (Å²) in [6, 6.07) is 14.2. The molecule has 0 saturated carbocycles. The molecule has 0 aliphatic heterocycles. The third-order valence-electron chi connectivity index (χ3n) is 4.52. The Labute approximate surface area is 180 Å². The van der Waals surface area contributed by atoms with Crippen LogP contribution in [0.5, 0.6) is 0 Å². The molecule has 0 saturated heterocycles. The molecule has 0 aliphatic carbocycles. The largest absolute Gasteiger partial charge is 0.321 e. The van der Waals surface area contributed by atoms with Crippen molar-refractivity contribution < 1.29 is 4.79 Å². The molecular formula is C21H15Cl2N3O2S. The number of anilines is 1. The van der Waals surface area contributed by atoms with Gasteiger partial charge in [-0.2, -0.15) is 0 Å². The van der Waals surface area contributed by atoms with Crippen molar-refractivity contribution in [1.82, 2.24) is 9.55 Å². The van der Waals surface area contributed by atoms with Gasteiger partial charge in [0.1, 0.15) is 4.83 Å². The van der Waals surface area contributed by atoms with Crippen molar-refractivity contribution in [3.05, 3.63) is 91.3 Å². The molecule has 8 heteroatoms. The number of aryl methyl sites for hydroxylation is 1. The monoisotopic (exact) mass is 443 g/mol. The zero-order valence-electron chi connectivity index (χ0n) is 15.3. The Morgan fingerprint density at radius 3 is 2.59 bits per heavy atom. The Bertz CT molecular complexity index is 1280. The first-order chi connectivity index (χ1) is 13.9. The molecule has 146 valence electrons. The van der Waals surface area contributed by atoms with Crippen molar-refractivity contribution in [1.29, 1.82) is 0 Å². The van der Waals surface area contributed by atoms with Crippen molar-refractivity contribution in [3.8, 4) is 0 Å². The third-order valence-corrected chi connectivity index (χ3v) is 6.34. The summed E-state index contributed by atoms with van der Waals surface area (Å²) in [4.78, 5) is 31.1. The Balaban J connectivity index is 1.69. The van der Waals surface area contributed by atoms with Gasteiger partial charge in [-0.3, -0.25) is 14.2 Å². The molecule has 4 rings (SSSR count). The first kappa shape index (κ1) is 19.6. The Kier molecular flexibility index (Phi) is 5.41. The number of carbonyl (C=O) groups excluding carboxylic acids is 1. The van der Waals surface area contributed by atoms with E-state index < -0.39 is 0 Å². The van der Waals surface area contributed by atoms with Gasteiger partial charge in [-0.1, -0.05) is 41.4 Å². The van der Waals surface area contributed by atoms with Gasteiger partial charge in [0, 0.05) is 15.7 Å². The van der Waals surface area contributed by atoms with Crippen molar-refractivity contribution in [3.63, 3.8) is 0 Å². The number of nitrogens with one attached hydrogen (secondary N) is 1. The summed E-state index contributed by atoms with van der Waals surface area (Å²) in [5.41, 5.74) is 1.86. The number of halogens is 2. The van der Waals surface area contributed by atoms with E-state index in [0.29, 0.717) is 42.9 Å². The van der Waals surface area contributed by atoms with Gasteiger partial charge in [-0.05, 0) is 48.4 Å². The number of rotatable bonds is 4. The third kappa shape index (κ3) is 3.92. The van der Waals surface area contributed by atoms with Crippen LogP contribution in [0.15, 0.2) is 59.7 Å². The van der Waals surface area contributed by atoms with Crippen molar-refractivity contribution >= 4 is 56.3 Å². The summed E-state index contributed by atoms with van der Waals surface area (Å²) in [6.45, 7) is 2.07. The predicted octanol–water partition coefficient (Wildman–Crippen LogP) is 5.37. The fourth-order valence-corrected chi connectivity index (χ4v) is 4.38. The molecule has 0 bridgehead atoms. The van der Waals surface area contributed by atoms with Crippen LogP contribution in [0.3, 0.4) is 0 Å². The van der Waals surface area contributed by atoms with E-state index in [1.807, 2.05) is 18.2 Å². The van der Waals surface area contributed by atoms with Crippen LogP contribution in [0.1, 0.15) is 20.8 Å². The minimum Gasteiger partial charge on any atom is -0.321 e. The lowest BCUT2D eigenvalue weighted by molar-refractivity contribution is 0.103. The van der Waals surface area contributed by atoms with Crippen LogP contribution in [-0.2, 0) is 6.54 Å². The molecule has 1 amide bonds. The molecule has 2 aromatic heterocycles. The standard InChI is InChI=1S/C21H15Cl2N3O2S/c1-12-17-20(29-18(12)19(27)25-15-8-6-14(22)7-9-15)24-11-26(21(17)28)10-13-4-2-3-5-16(13)23/h2-9,11H,10H2,1H3,(H,25,27). The van der Waals surface area contributed by atoms with Crippen LogP contribution >= 0.6 is 34.5 Å². The minimum atomic E-state index is -0.287. The smallest absolute Gasteiger partial charge is 0.266 e. The topological polar surface area (TPSA) is 64.0 Å².